The molecule has 2 unspecified atom stereocenters. The maximum atomic E-state index is 11.8. The van der Waals surface area contributed by atoms with E-state index in [2.05, 4.69) is 5.32 Å². The van der Waals surface area contributed by atoms with E-state index in [0.717, 1.165) is 0 Å². The van der Waals surface area contributed by atoms with Crippen LogP contribution >= 0.6 is 0 Å². The average Bonchev–Trinajstić information content (AvgIpc) is 2.28. The van der Waals surface area contributed by atoms with E-state index in [0.29, 0.717) is 12.3 Å². The van der Waals surface area contributed by atoms with Crippen molar-refractivity contribution in [2.24, 2.45) is 0 Å². The number of methoxy groups -OCH3 is 2. The Morgan fingerprint density at radius 2 is 2.20 bits per heavy atom. The monoisotopic (exact) mass is 238 g/mol. The Bertz CT molecular complexity index is 268. The molecular weight excluding hydrogens is 224 g/mol. The van der Waals surface area contributed by atoms with Crippen molar-refractivity contribution in [3.05, 3.63) is 0 Å². The summed E-state index contributed by atoms with van der Waals surface area (Å²) in [6, 6.07) is -1.01. The van der Waals surface area contributed by atoms with Gasteiger partial charge in [-0.25, -0.2) is 5.48 Å². The molecular formula is C7H14N2O5S. The van der Waals surface area contributed by atoms with Gasteiger partial charge in [0, 0.05) is 26.5 Å². The minimum Gasteiger partial charge on any atom is -0.341 e. The van der Waals surface area contributed by atoms with E-state index in [1.807, 2.05) is 0 Å². The molecule has 0 radical (unpaired) electrons. The molecule has 0 aromatic rings. The zero-order chi connectivity index (χ0) is 11.5. The molecule has 0 aromatic carbocycles. The largest absolute Gasteiger partial charge is 0.341 e. The van der Waals surface area contributed by atoms with Crippen LogP contribution in [-0.2, 0) is 25.1 Å². The molecule has 3 N–H and O–H groups in total. The predicted octanol–water partition coefficient (Wildman–Crippen LogP) is -1.84. The van der Waals surface area contributed by atoms with Gasteiger partial charge in [-0.05, 0) is 0 Å². The molecule has 2 atom stereocenters. The van der Waals surface area contributed by atoms with Crippen molar-refractivity contribution < 1.29 is 23.7 Å². The Morgan fingerprint density at radius 3 is 2.67 bits per heavy atom. The van der Waals surface area contributed by atoms with Gasteiger partial charge in [-0.15, -0.1) is 0 Å². The van der Waals surface area contributed by atoms with Crippen LogP contribution in [0.3, 0.4) is 0 Å². The van der Waals surface area contributed by atoms with Gasteiger partial charge in [0.15, 0.2) is 6.04 Å². The lowest BCUT2D eigenvalue weighted by atomic mass is 10.2. The molecule has 0 bridgehead atoms. The molecule has 1 aliphatic rings. The first kappa shape index (κ1) is 12.5. The van der Waals surface area contributed by atoms with Crippen molar-refractivity contribution in [3.8, 4) is 0 Å². The van der Waals surface area contributed by atoms with Crippen LogP contribution in [-0.4, -0.2) is 53.0 Å². The van der Waals surface area contributed by atoms with E-state index in [1.165, 1.54) is 19.7 Å². The molecule has 1 fully saturated rings. The summed E-state index contributed by atoms with van der Waals surface area (Å²) in [5, 5.41) is 9.77. The number of hydroxylamine groups is 1. The number of amides is 1. The molecule has 1 amide bonds. The quantitative estimate of drug-likeness (QED) is 0.304. The maximum absolute atomic E-state index is 11.8. The molecule has 0 saturated carbocycles. The van der Waals surface area contributed by atoms with E-state index in [9.17, 15) is 9.00 Å². The fourth-order valence-corrected chi connectivity index (χ4v) is 2.93. The van der Waals surface area contributed by atoms with Crippen molar-refractivity contribution in [2.75, 3.05) is 26.5 Å². The van der Waals surface area contributed by atoms with Crippen LogP contribution in [0, 0.1) is 0 Å². The Labute approximate surface area is 89.5 Å². The van der Waals surface area contributed by atoms with Gasteiger partial charge in [-0.3, -0.25) is 19.5 Å². The molecule has 1 rings (SSSR count). The summed E-state index contributed by atoms with van der Waals surface area (Å²) in [5.74, 6) is -0.427. The second-order valence-electron chi connectivity index (χ2n) is 2.92. The highest BCUT2D eigenvalue weighted by Gasteiger charge is 2.51. The van der Waals surface area contributed by atoms with Crippen LogP contribution in [0.1, 0.15) is 0 Å². The van der Waals surface area contributed by atoms with Gasteiger partial charge in [0.05, 0.1) is 10.8 Å². The highest BCUT2D eigenvalue weighted by Crippen LogP contribution is 2.24. The fourth-order valence-electron chi connectivity index (χ4n) is 1.52. The summed E-state index contributed by atoms with van der Waals surface area (Å²) in [6.45, 7) is 0.388. The normalized spacial score (nSPS) is 29.8. The second kappa shape index (κ2) is 4.99. The SMILES string of the molecule is COC1(OC)C(C(=O)NO)NCCS1=O. The maximum Gasteiger partial charge on any atom is 0.272 e. The van der Waals surface area contributed by atoms with Crippen LogP contribution in [0.15, 0.2) is 0 Å². The van der Waals surface area contributed by atoms with Gasteiger partial charge >= 0.3 is 0 Å². The van der Waals surface area contributed by atoms with Crippen LogP contribution < -0.4 is 10.8 Å². The Morgan fingerprint density at radius 1 is 1.60 bits per heavy atom. The summed E-state index contributed by atoms with van der Waals surface area (Å²) >= 11 is 0. The molecule has 0 spiro atoms. The molecule has 15 heavy (non-hydrogen) atoms. The number of carbonyl (C=O) groups excluding carboxylic acids is 1. The minimum absolute atomic E-state index is 0.316. The predicted molar refractivity (Wildman–Crippen MR) is 51.5 cm³/mol. The van der Waals surface area contributed by atoms with Crippen LogP contribution in [0.5, 0.6) is 0 Å². The number of carbonyl (C=O) groups is 1. The summed E-state index contributed by atoms with van der Waals surface area (Å²) < 4.78 is 21.8. The van der Waals surface area contributed by atoms with E-state index in [4.69, 9.17) is 14.7 Å². The van der Waals surface area contributed by atoms with Crippen molar-refractivity contribution >= 4 is 16.7 Å². The van der Waals surface area contributed by atoms with Gasteiger partial charge in [-0.2, -0.15) is 0 Å². The molecule has 88 valence electrons. The third kappa shape index (κ3) is 2.04. The van der Waals surface area contributed by atoms with Gasteiger partial charge in [0.25, 0.3) is 11.0 Å². The van der Waals surface area contributed by atoms with Crippen molar-refractivity contribution in [1.82, 2.24) is 10.8 Å². The fraction of sp³-hybridized carbons (Fsp3) is 0.857. The average molecular weight is 238 g/mol. The standard InChI is InChI=1S/C7H14N2O5S/c1-13-7(14-2)5(6(10)9-11)8-3-4-15(7)12/h5,8,11H,3-4H2,1-2H3,(H,9,10). The first-order valence-electron chi connectivity index (χ1n) is 4.28. The first-order valence-corrected chi connectivity index (χ1v) is 5.60. The van der Waals surface area contributed by atoms with Crippen LogP contribution in [0.2, 0.25) is 0 Å². The van der Waals surface area contributed by atoms with Crippen molar-refractivity contribution in [1.29, 1.82) is 0 Å². The summed E-state index contributed by atoms with van der Waals surface area (Å²) in [7, 11) is 1.13. The first-order chi connectivity index (χ1) is 7.12. The lowest BCUT2D eigenvalue weighted by Gasteiger charge is -2.39. The Kier molecular flexibility index (Phi) is 4.17. The molecule has 0 aromatic heterocycles. The molecule has 1 aliphatic heterocycles. The second-order valence-corrected chi connectivity index (χ2v) is 4.59. The zero-order valence-electron chi connectivity index (χ0n) is 8.48. The number of hydrogen-bond donors (Lipinski definition) is 3. The van der Waals surface area contributed by atoms with E-state index >= 15 is 0 Å². The lowest BCUT2D eigenvalue weighted by molar-refractivity contribution is -0.174. The highest BCUT2D eigenvalue weighted by molar-refractivity contribution is 7.86. The summed E-state index contributed by atoms with van der Waals surface area (Å²) in [6.07, 6.45) is 0. The van der Waals surface area contributed by atoms with E-state index in [-0.39, 0.29) is 0 Å². The molecule has 1 heterocycles. The van der Waals surface area contributed by atoms with Crippen LogP contribution in [0.4, 0.5) is 0 Å². The lowest BCUT2D eigenvalue weighted by Crippen LogP contribution is -2.66. The number of rotatable bonds is 3. The highest BCUT2D eigenvalue weighted by atomic mass is 32.2. The van der Waals surface area contributed by atoms with Gasteiger partial charge < -0.3 is 9.47 Å². The summed E-state index contributed by atoms with van der Waals surface area (Å²) in [4.78, 5) is 11.3. The summed E-state index contributed by atoms with van der Waals surface area (Å²) in [5.41, 5.74) is 1.48. The van der Waals surface area contributed by atoms with Crippen LogP contribution in [0.25, 0.3) is 0 Å². The number of ether oxygens (including phenoxy) is 2. The van der Waals surface area contributed by atoms with Gasteiger partial charge in [0.2, 0.25) is 0 Å². The molecule has 8 heteroatoms. The third-order valence-electron chi connectivity index (χ3n) is 2.25. The minimum atomic E-state index is -1.55. The third-order valence-corrected chi connectivity index (χ3v) is 4.03. The number of hydrogen-bond acceptors (Lipinski definition) is 6. The molecule has 7 nitrogen and oxygen atoms in total. The number of nitrogens with one attached hydrogen (secondary N) is 2. The van der Waals surface area contributed by atoms with Gasteiger partial charge in [-0.1, -0.05) is 0 Å². The molecule has 0 aliphatic carbocycles. The van der Waals surface area contributed by atoms with Crippen molar-refractivity contribution in [3.63, 3.8) is 0 Å². The topological polar surface area (TPSA) is 96.9 Å². The smallest absolute Gasteiger partial charge is 0.272 e. The van der Waals surface area contributed by atoms with E-state index in [1.54, 1.807) is 0 Å². The Balaban J connectivity index is 3.00. The Hall–Kier alpha value is -0.540. The van der Waals surface area contributed by atoms with Crippen molar-refractivity contribution in [2.45, 2.75) is 11.2 Å². The zero-order valence-corrected chi connectivity index (χ0v) is 9.30. The van der Waals surface area contributed by atoms with E-state index < -0.39 is 27.9 Å². The van der Waals surface area contributed by atoms with Gasteiger partial charge in [0.1, 0.15) is 0 Å². The molecule has 1 saturated heterocycles.